The van der Waals surface area contributed by atoms with Crippen molar-refractivity contribution in [1.82, 2.24) is 9.78 Å². The second-order valence-electron chi connectivity index (χ2n) is 8.52. The number of hydrogen-bond donors (Lipinski definition) is 2. The minimum Gasteiger partial charge on any atom is -0.307 e. The largest absolute Gasteiger partial charge is 0.324 e. The predicted octanol–water partition coefficient (Wildman–Crippen LogP) is 6.28. The summed E-state index contributed by atoms with van der Waals surface area (Å²) in [5.74, 6) is 0.628. The van der Waals surface area contributed by atoms with Crippen LogP contribution in [0.2, 0.25) is 0 Å². The van der Waals surface area contributed by atoms with E-state index in [1.165, 1.54) is 0 Å². The van der Waals surface area contributed by atoms with Gasteiger partial charge < -0.3 is 5.32 Å². The number of nitrogens with one attached hydrogen (secondary N) is 2. The van der Waals surface area contributed by atoms with E-state index in [4.69, 9.17) is 5.10 Å². The highest BCUT2D eigenvalue weighted by atomic mass is 16.2. The maximum absolute atomic E-state index is 12.9. The second-order valence-corrected chi connectivity index (χ2v) is 8.52. The van der Waals surface area contributed by atoms with Gasteiger partial charge in [-0.2, -0.15) is 5.10 Å². The van der Waals surface area contributed by atoms with Crippen LogP contribution in [-0.2, 0) is 5.41 Å². The van der Waals surface area contributed by atoms with Gasteiger partial charge in [-0.3, -0.25) is 5.32 Å². The molecule has 0 saturated heterocycles. The molecule has 0 radical (unpaired) electrons. The normalized spacial score (nSPS) is 11.5. The number of carbonyl (C=O) groups excluding carboxylic acids is 1. The first-order chi connectivity index (χ1) is 14.3. The molecule has 0 unspecified atom stereocenters. The Morgan fingerprint density at radius 1 is 0.900 bits per heavy atom. The van der Waals surface area contributed by atoms with E-state index in [0.29, 0.717) is 5.82 Å². The summed E-state index contributed by atoms with van der Waals surface area (Å²) in [5.41, 5.74) is 3.57. The Bertz CT molecular complexity index is 1210. The van der Waals surface area contributed by atoms with Crippen molar-refractivity contribution in [1.29, 1.82) is 0 Å². The van der Waals surface area contributed by atoms with Gasteiger partial charge in [0.15, 0.2) is 0 Å². The number of rotatable bonds is 3. The Hall–Kier alpha value is -3.60. The van der Waals surface area contributed by atoms with Crippen LogP contribution in [0.25, 0.3) is 16.5 Å². The molecule has 2 amide bonds. The highest BCUT2D eigenvalue weighted by molar-refractivity contribution is 6.06. The molecule has 0 aliphatic carbocycles. The number of aromatic nitrogens is 2. The summed E-state index contributed by atoms with van der Waals surface area (Å²) >= 11 is 0. The summed E-state index contributed by atoms with van der Waals surface area (Å²) in [6, 6.07) is 23.5. The van der Waals surface area contributed by atoms with Crippen molar-refractivity contribution in [3.05, 3.63) is 84.1 Å². The number of amides is 2. The van der Waals surface area contributed by atoms with Crippen LogP contribution in [0.15, 0.2) is 72.8 Å². The topological polar surface area (TPSA) is 59.0 Å². The minimum atomic E-state index is -0.305. The van der Waals surface area contributed by atoms with Crippen molar-refractivity contribution in [3.8, 4) is 5.69 Å². The van der Waals surface area contributed by atoms with E-state index < -0.39 is 0 Å². The van der Waals surface area contributed by atoms with Crippen LogP contribution in [0.3, 0.4) is 0 Å². The van der Waals surface area contributed by atoms with E-state index in [0.717, 1.165) is 33.4 Å². The lowest BCUT2D eigenvalue weighted by Gasteiger charge is -2.14. The van der Waals surface area contributed by atoms with Crippen LogP contribution in [0.4, 0.5) is 16.3 Å². The van der Waals surface area contributed by atoms with Gasteiger partial charge in [0.05, 0.1) is 17.1 Å². The van der Waals surface area contributed by atoms with Crippen molar-refractivity contribution in [2.24, 2.45) is 0 Å². The maximum Gasteiger partial charge on any atom is 0.324 e. The highest BCUT2D eigenvalue weighted by Crippen LogP contribution is 2.27. The number of aryl methyl sites for hydroxylation is 1. The molecular formula is C25H26N4O. The third-order valence-corrected chi connectivity index (χ3v) is 5.00. The maximum atomic E-state index is 12.9. The lowest BCUT2D eigenvalue weighted by molar-refractivity contribution is 0.262. The summed E-state index contributed by atoms with van der Waals surface area (Å²) < 4.78 is 1.79. The summed E-state index contributed by atoms with van der Waals surface area (Å²) in [4.78, 5) is 12.9. The molecule has 0 spiro atoms. The first-order valence-electron chi connectivity index (χ1n) is 10.0. The van der Waals surface area contributed by atoms with Crippen LogP contribution >= 0.6 is 0 Å². The van der Waals surface area contributed by atoms with Crippen LogP contribution in [0, 0.1) is 6.92 Å². The minimum absolute atomic E-state index is 0.141. The molecule has 4 aromatic rings. The van der Waals surface area contributed by atoms with Gasteiger partial charge in [0.25, 0.3) is 0 Å². The number of benzene rings is 3. The third kappa shape index (κ3) is 4.06. The third-order valence-electron chi connectivity index (χ3n) is 5.00. The SMILES string of the molecule is Cc1cccc(-n2nc(C(C)(C)C)cc2NC(=O)Nc2cccc3ccccc23)c1. The van der Waals surface area contributed by atoms with Crippen molar-refractivity contribution in [2.45, 2.75) is 33.1 Å². The number of nitrogens with zero attached hydrogens (tertiary/aromatic N) is 2. The van der Waals surface area contributed by atoms with Crippen molar-refractivity contribution < 1.29 is 4.79 Å². The summed E-state index contributed by atoms with van der Waals surface area (Å²) in [6.07, 6.45) is 0. The van der Waals surface area contributed by atoms with Crippen LogP contribution < -0.4 is 10.6 Å². The van der Waals surface area contributed by atoms with Gasteiger partial charge in [0, 0.05) is 16.9 Å². The summed E-state index contributed by atoms with van der Waals surface area (Å²) in [5, 5.41) is 12.8. The Balaban J connectivity index is 1.66. The van der Waals surface area contributed by atoms with Gasteiger partial charge in [-0.25, -0.2) is 9.48 Å². The number of anilines is 2. The molecule has 0 aliphatic heterocycles. The second kappa shape index (κ2) is 7.67. The lowest BCUT2D eigenvalue weighted by atomic mass is 9.92. The highest BCUT2D eigenvalue weighted by Gasteiger charge is 2.21. The van der Waals surface area contributed by atoms with E-state index in [1.807, 2.05) is 79.7 Å². The number of fused-ring (bicyclic) bond motifs is 1. The molecule has 0 fully saturated rings. The Morgan fingerprint density at radius 3 is 2.40 bits per heavy atom. The summed E-state index contributed by atoms with van der Waals surface area (Å²) in [7, 11) is 0. The molecule has 5 nitrogen and oxygen atoms in total. The van der Waals surface area contributed by atoms with Crippen molar-refractivity contribution in [3.63, 3.8) is 0 Å². The number of urea groups is 1. The quantitative estimate of drug-likeness (QED) is 0.427. The Kier molecular flexibility index (Phi) is 5.04. The zero-order valence-corrected chi connectivity index (χ0v) is 17.7. The fourth-order valence-electron chi connectivity index (χ4n) is 3.40. The monoisotopic (exact) mass is 398 g/mol. The van der Waals surface area contributed by atoms with Gasteiger partial charge in [-0.1, -0.05) is 69.3 Å². The van der Waals surface area contributed by atoms with E-state index in [2.05, 4.69) is 31.4 Å². The Labute approximate surface area is 176 Å². The molecule has 0 aliphatic rings. The molecule has 0 saturated carbocycles. The molecule has 0 bridgehead atoms. The van der Waals surface area contributed by atoms with E-state index in [1.54, 1.807) is 4.68 Å². The first kappa shape index (κ1) is 19.7. The van der Waals surface area contributed by atoms with Crippen molar-refractivity contribution >= 4 is 28.3 Å². The average Bonchev–Trinajstić information content (AvgIpc) is 3.12. The molecule has 5 heteroatoms. The van der Waals surface area contributed by atoms with Gasteiger partial charge >= 0.3 is 6.03 Å². The zero-order chi connectivity index (χ0) is 21.3. The fourth-order valence-corrected chi connectivity index (χ4v) is 3.40. The zero-order valence-electron chi connectivity index (χ0n) is 17.7. The van der Waals surface area contributed by atoms with Gasteiger partial charge in [-0.05, 0) is 36.1 Å². The molecule has 2 N–H and O–H groups in total. The van der Waals surface area contributed by atoms with Crippen LogP contribution in [0.5, 0.6) is 0 Å². The average molecular weight is 399 g/mol. The van der Waals surface area contributed by atoms with Crippen LogP contribution in [0.1, 0.15) is 32.0 Å². The molecule has 1 heterocycles. The van der Waals surface area contributed by atoms with Crippen molar-refractivity contribution in [2.75, 3.05) is 10.6 Å². The van der Waals surface area contributed by atoms with Gasteiger partial charge in [0.2, 0.25) is 0 Å². The molecule has 3 aromatic carbocycles. The number of hydrogen-bond acceptors (Lipinski definition) is 2. The van der Waals surface area contributed by atoms with Gasteiger partial charge in [-0.15, -0.1) is 0 Å². The first-order valence-corrected chi connectivity index (χ1v) is 10.0. The van der Waals surface area contributed by atoms with Gasteiger partial charge in [0.1, 0.15) is 5.82 Å². The van der Waals surface area contributed by atoms with E-state index >= 15 is 0 Å². The predicted molar refractivity (Wildman–Crippen MR) is 124 cm³/mol. The van der Waals surface area contributed by atoms with E-state index in [9.17, 15) is 4.79 Å². The molecular weight excluding hydrogens is 372 g/mol. The standard InChI is InChI=1S/C25H26N4O/c1-17-9-7-12-19(15-17)29-23(16-22(28-29)25(2,3)4)27-24(30)26-21-14-8-11-18-10-5-6-13-20(18)21/h5-16H,1-4H3,(H2,26,27,30). The molecule has 4 rings (SSSR count). The molecule has 1 aromatic heterocycles. The van der Waals surface area contributed by atoms with Crippen LogP contribution in [-0.4, -0.2) is 15.8 Å². The Morgan fingerprint density at radius 2 is 1.63 bits per heavy atom. The lowest BCUT2D eigenvalue weighted by Crippen LogP contribution is -2.21. The summed E-state index contributed by atoms with van der Waals surface area (Å²) in [6.45, 7) is 8.36. The molecule has 30 heavy (non-hydrogen) atoms. The van der Waals surface area contributed by atoms with E-state index in [-0.39, 0.29) is 11.4 Å². The molecule has 0 atom stereocenters. The smallest absolute Gasteiger partial charge is 0.307 e. The molecule has 152 valence electrons. The fraction of sp³-hybridized carbons (Fsp3) is 0.200. The number of carbonyl (C=O) groups is 1.